The van der Waals surface area contributed by atoms with E-state index in [0.717, 1.165) is 49.2 Å². The lowest BCUT2D eigenvalue weighted by Gasteiger charge is -2.06. The molecule has 0 bridgehead atoms. The molecule has 2 N–H and O–H groups in total. The van der Waals surface area contributed by atoms with E-state index in [0.29, 0.717) is 0 Å². The van der Waals surface area contributed by atoms with E-state index in [1.165, 1.54) is 21.5 Å². The average Bonchev–Trinajstić information content (AvgIpc) is 3.13. The number of nitrogens with zero attached hydrogens (tertiary/aromatic N) is 3. The van der Waals surface area contributed by atoms with Gasteiger partial charge in [-0.05, 0) is 32.6 Å². The molecule has 0 spiro atoms. The van der Waals surface area contributed by atoms with E-state index >= 15 is 0 Å². The molecule has 0 fully saturated rings. The SMILES string of the molecule is CCCNc1nsnc1NCCSCc1ccc(CN(C)C)s1. The molecular formula is C15H25N5S3. The molecule has 0 aliphatic carbocycles. The van der Waals surface area contributed by atoms with Crippen molar-refractivity contribution in [3.8, 4) is 0 Å². The minimum atomic E-state index is 0.883. The van der Waals surface area contributed by atoms with Crippen LogP contribution in [0.3, 0.4) is 0 Å². The van der Waals surface area contributed by atoms with Crippen LogP contribution in [0.5, 0.6) is 0 Å². The van der Waals surface area contributed by atoms with Crippen LogP contribution in [0.15, 0.2) is 12.1 Å². The van der Waals surface area contributed by atoms with E-state index in [2.05, 4.69) is 57.4 Å². The van der Waals surface area contributed by atoms with Gasteiger partial charge in [0.2, 0.25) is 0 Å². The largest absolute Gasteiger partial charge is 0.366 e. The maximum Gasteiger partial charge on any atom is 0.184 e. The van der Waals surface area contributed by atoms with Crippen molar-refractivity contribution < 1.29 is 0 Å². The fourth-order valence-electron chi connectivity index (χ4n) is 1.97. The maximum atomic E-state index is 4.30. The van der Waals surface area contributed by atoms with Gasteiger partial charge in [-0.15, -0.1) is 11.3 Å². The Kier molecular flexibility index (Phi) is 8.14. The molecule has 0 atom stereocenters. The smallest absolute Gasteiger partial charge is 0.184 e. The zero-order valence-corrected chi connectivity index (χ0v) is 16.4. The van der Waals surface area contributed by atoms with Gasteiger partial charge in [-0.25, -0.2) is 0 Å². The molecule has 0 aliphatic heterocycles. The highest BCUT2D eigenvalue weighted by atomic mass is 32.2. The zero-order valence-electron chi connectivity index (χ0n) is 14.0. The third kappa shape index (κ3) is 6.66. The number of nitrogens with one attached hydrogen (secondary N) is 2. The van der Waals surface area contributed by atoms with Crippen molar-refractivity contribution in [3.05, 3.63) is 21.9 Å². The number of anilines is 2. The van der Waals surface area contributed by atoms with Crippen molar-refractivity contribution in [2.75, 3.05) is 43.6 Å². The van der Waals surface area contributed by atoms with Gasteiger partial charge in [-0.1, -0.05) is 6.92 Å². The Hall–Kier alpha value is -0.830. The van der Waals surface area contributed by atoms with Crippen molar-refractivity contribution >= 4 is 46.5 Å². The lowest BCUT2D eigenvalue weighted by molar-refractivity contribution is 0.406. The Morgan fingerprint density at radius 2 is 1.78 bits per heavy atom. The number of aromatic nitrogens is 2. The van der Waals surface area contributed by atoms with Crippen LogP contribution in [0.2, 0.25) is 0 Å². The summed E-state index contributed by atoms with van der Waals surface area (Å²) < 4.78 is 8.58. The van der Waals surface area contributed by atoms with Crippen LogP contribution in [0.1, 0.15) is 23.1 Å². The van der Waals surface area contributed by atoms with Gasteiger partial charge in [0, 0.05) is 40.9 Å². The number of hydrogen-bond donors (Lipinski definition) is 2. The van der Waals surface area contributed by atoms with E-state index in [9.17, 15) is 0 Å². The summed E-state index contributed by atoms with van der Waals surface area (Å²) in [6, 6.07) is 4.49. The van der Waals surface area contributed by atoms with Crippen LogP contribution in [0, 0.1) is 0 Å². The second kappa shape index (κ2) is 10.1. The van der Waals surface area contributed by atoms with Gasteiger partial charge in [0.15, 0.2) is 11.6 Å². The van der Waals surface area contributed by atoms with Crippen molar-refractivity contribution in [1.29, 1.82) is 0 Å². The first-order valence-electron chi connectivity index (χ1n) is 7.79. The van der Waals surface area contributed by atoms with Crippen molar-refractivity contribution in [3.63, 3.8) is 0 Å². The number of hydrogen-bond acceptors (Lipinski definition) is 8. The standard InChI is InChI=1S/C15H25N5S3/c1-4-7-16-14-15(19-23-18-14)17-8-9-21-11-13-6-5-12(22-13)10-20(2)3/h5-6H,4,7-11H2,1-3H3,(H,16,18)(H,17,19). The first kappa shape index (κ1) is 18.5. The molecule has 0 saturated heterocycles. The Morgan fingerprint density at radius 1 is 1.09 bits per heavy atom. The van der Waals surface area contributed by atoms with Gasteiger partial charge in [-0.3, -0.25) is 0 Å². The average molecular weight is 372 g/mol. The summed E-state index contributed by atoms with van der Waals surface area (Å²) in [6.07, 6.45) is 1.09. The van der Waals surface area contributed by atoms with Gasteiger partial charge in [0.1, 0.15) is 0 Å². The lowest BCUT2D eigenvalue weighted by Crippen LogP contribution is -2.09. The molecule has 5 nitrogen and oxygen atoms in total. The molecule has 2 heterocycles. The van der Waals surface area contributed by atoms with Gasteiger partial charge >= 0.3 is 0 Å². The summed E-state index contributed by atoms with van der Waals surface area (Å²) in [7, 11) is 4.22. The van der Waals surface area contributed by atoms with Crippen molar-refractivity contribution in [2.45, 2.75) is 25.6 Å². The molecule has 0 saturated carbocycles. The highest BCUT2D eigenvalue weighted by Crippen LogP contribution is 2.23. The molecule has 0 amide bonds. The summed E-state index contributed by atoms with van der Waals surface area (Å²) in [6.45, 7) is 5.02. The fourth-order valence-corrected chi connectivity index (χ4v) is 4.59. The van der Waals surface area contributed by atoms with Crippen LogP contribution < -0.4 is 10.6 Å². The normalized spacial score (nSPS) is 11.1. The molecule has 0 unspecified atom stereocenters. The van der Waals surface area contributed by atoms with Crippen LogP contribution >= 0.6 is 34.8 Å². The van der Waals surface area contributed by atoms with Gasteiger partial charge in [0.25, 0.3) is 0 Å². The van der Waals surface area contributed by atoms with Gasteiger partial charge < -0.3 is 15.5 Å². The van der Waals surface area contributed by atoms with Crippen LogP contribution in [0.25, 0.3) is 0 Å². The number of rotatable bonds is 11. The monoisotopic (exact) mass is 371 g/mol. The minimum Gasteiger partial charge on any atom is -0.366 e. The molecule has 8 heteroatoms. The second-order valence-corrected chi connectivity index (χ2v) is 8.36. The van der Waals surface area contributed by atoms with E-state index < -0.39 is 0 Å². The molecule has 2 aromatic rings. The predicted molar refractivity (Wildman–Crippen MR) is 105 cm³/mol. The third-order valence-corrected chi connectivity index (χ3v) is 5.79. The first-order chi connectivity index (χ1) is 11.2. The first-order valence-corrected chi connectivity index (χ1v) is 10.5. The molecule has 23 heavy (non-hydrogen) atoms. The van der Waals surface area contributed by atoms with Crippen molar-refractivity contribution in [2.24, 2.45) is 0 Å². The van der Waals surface area contributed by atoms with E-state index in [1.54, 1.807) is 0 Å². The van der Waals surface area contributed by atoms with E-state index in [-0.39, 0.29) is 0 Å². The summed E-state index contributed by atoms with van der Waals surface area (Å²) in [5, 5.41) is 6.66. The quantitative estimate of drug-likeness (QED) is 0.586. The third-order valence-electron chi connectivity index (χ3n) is 3.00. The molecule has 2 rings (SSSR count). The molecule has 128 valence electrons. The topological polar surface area (TPSA) is 53.1 Å². The number of thiophene rings is 1. The Labute approximate surface area is 151 Å². The highest BCUT2D eigenvalue weighted by Gasteiger charge is 2.06. The van der Waals surface area contributed by atoms with Crippen LogP contribution in [-0.2, 0) is 12.3 Å². The maximum absolute atomic E-state index is 4.30. The van der Waals surface area contributed by atoms with Crippen LogP contribution in [0.4, 0.5) is 11.6 Å². The fraction of sp³-hybridized carbons (Fsp3) is 0.600. The van der Waals surface area contributed by atoms with Gasteiger partial charge in [-0.2, -0.15) is 20.5 Å². The van der Waals surface area contributed by atoms with E-state index in [4.69, 9.17) is 0 Å². The minimum absolute atomic E-state index is 0.883. The number of thioether (sulfide) groups is 1. The molecule has 0 radical (unpaired) electrons. The highest BCUT2D eigenvalue weighted by molar-refractivity contribution is 7.98. The Balaban J connectivity index is 1.64. The lowest BCUT2D eigenvalue weighted by atomic mass is 10.4. The van der Waals surface area contributed by atoms with Crippen molar-refractivity contribution in [1.82, 2.24) is 13.6 Å². The Bertz CT molecular complexity index is 567. The zero-order chi connectivity index (χ0) is 16.5. The summed E-state index contributed by atoms with van der Waals surface area (Å²) in [5.74, 6) is 3.91. The molecule has 0 aromatic carbocycles. The van der Waals surface area contributed by atoms with Gasteiger partial charge in [0.05, 0.1) is 11.7 Å². The Morgan fingerprint density at radius 3 is 2.48 bits per heavy atom. The molecular weight excluding hydrogens is 346 g/mol. The molecule has 2 aromatic heterocycles. The predicted octanol–water partition coefficient (Wildman–Crippen LogP) is 3.83. The molecule has 0 aliphatic rings. The summed E-state index contributed by atoms with van der Waals surface area (Å²) >= 11 is 5.12. The van der Waals surface area contributed by atoms with E-state index in [1.807, 2.05) is 23.1 Å². The summed E-state index contributed by atoms with van der Waals surface area (Å²) in [4.78, 5) is 5.09. The second-order valence-electron chi connectivity index (χ2n) is 5.47. The summed E-state index contributed by atoms with van der Waals surface area (Å²) in [5.41, 5.74) is 0. The van der Waals surface area contributed by atoms with Crippen LogP contribution in [-0.4, -0.2) is 46.6 Å².